The highest BCUT2D eigenvalue weighted by Crippen LogP contribution is 2.48. The van der Waals surface area contributed by atoms with Crippen molar-refractivity contribution in [2.24, 2.45) is 10.6 Å². The summed E-state index contributed by atoms with van der Waals surface area (Å²) in [6.45, 7) is 9.29. The van der Waals surface area contributed by atoms with Gasteiger partial charge in [-0.25, -0.2) is 14.6 Å². The fraction of sp³-hybridized carbons (Fsp3) is 0.474. The lowest BCUT2D eigenvalue weighted by Crippen LogP contribution is -2.72. The van der Waals surface area contributed by atoms with E-state index in [-0.39, 0.29) is 48.7 Å². The Morgan fingerprint density at radius 2 is 1.82 bits per heavy atom. The molecule has 0 spiro atoms. The van der Waals surface area contributed by atoms with E-state index < -0.39 is 69.3 Å². The molecule has 320 valence electrons. The van der Waals surface area contributed by atoms with Crippen molar-refractivity contribution in [1.82, 2.24) is 25.1 Å². The van der Waals surface area contributed by atoms with E-state index in [1.807, 2.05) is 6.92 Å². The first-order valence-corrected chi connectivity index (χ1v) is 21.3. The lowest BCUT2D eigenvalue weighted by Gasteiger charge is -2.56. The standard InChI is InChI=1S/C38H43ClN8O11S2/c1-5-45-13-18(28(49)23-21(45)12-22(48)29(50)24(23)39)30(51)41-16-38-6-9-47(10-7-38,11-8-38)14-19-17(2)60-33-26(32(53)46(33)27(19)34(54)55)43-31(52)25(20-15-59-36(40)42-20)44-58-37(3,4)35(56)57/h12-13,15,17,26,33H,5-11,14,16H2,1-4H3,(H7-,40,41,42,43,44,48,49,50,51,52,54,55,56,57)/p+1. The van der Waals surface area contributed by atoms with Crippen molar-refractivity contribution in [3.63, 3.8) is 0 Å². The predicted molar refractivity (Wildman–Crippen MR) is 221 cm³/mol. The highest BCUT2D eigenvalue weighted by molar-refractivity contribution is 8.00. The van der Waals surface area contributed by atoms with Gasteiger partial charge in [-0.1, -0.05) is 16.8 Å². The van der Waals surface area contributed by atoms with Gasteiger partial charge in [-0.05, 0) is 27.7 Å². The first-order valence-electron chi connectivity index (χ1n) is 19.1. The van der Waals surface area contributed by atoms with E-state index in [0.717, 1.165) is 30.6 Å². The number of carbonyl (C=O) groups excluding carboxylic acids is 3. The molecule has 3 amide bonds. The smallest absolute Gasteiger partial charge is 0.352 e. The maximum atomic E-state index is 13.7. The fourth-order valence-electron chi connectivity index (χ4n) is 8.32. The van der Waals surface area contributed by atoms with E-state index in [9.17, 15) is 49.2 Å². The Kier molecular flexibility index (Phi) is 11.1. The third-order valence-electron chi connectivity index (χ3n) is 12.1. The largest absolute Gasteiger partial charge is 0.504 e. The number of piperidine rings is 3. The summed E-state index contributed by atoms with van der Waals surface area (Å²) >= 11 is 8.62. The third-order valence-corrected chi connectivity index (χ3v) is 14.6. The van der Waals surface area contributed by atoms with Crippen LogP contribution in [0.2, 0.25) is 5.02 Å². The lowest BCUT2D eigenvalue weighted by atomic mass is 9.70. The average molecular weight is 888 g/mol. The minimum Gasteiger partial charge on any atom is -0.504 e. The molecule has 4 saturated heterocycles. The van der Waals surface area contributed by atoms with Crippen molar-refractivity contribution in [2.45, 2.75) is 75.8 Å². The molecule has 1 aromatic carbocycles. The number of nitrogen functional groups attached to an aromatic ring is 1. The van der Waals surface area contributed by atoms with Crippen LogP contribution in [0.25, 0.3) is 10.9 Å². The van der Waals surface area contributed by atoms with Gasteiger partial charge in [0.1, 0.15) is 34.9 Å². The van der Waals surface area contributed by atoms with Crippen LogP contribution in [0.5, 0.6) is 11.5 Å². The number of nitrogens with two attached hydrogens (primary N) is 1. The Morgan fingerprint density at radius 1 is 1.15 bits per heavy atom. The van der Waals surface area contributed by atoms with Crippen LogP contribution in [0.15, 0.2) is 38.9 Å². The molecule has 22 heteroatoms. The lowest BCUT2D eigenvalue weighted by molar-refractivity contribution is -0.941. The number of phenols is 2. The molecule has 2 bridgehead atoms. The molecule has 8 rings (SSSR count). The Bertz CT molecular complexity index is 2460. The van der Waals surface area contributed by atoms with Gasteiger partial charge in [0.05, 0.1) is 35.6 Å². The molecule has 5 aliphatic rings. The topological polar surface area (TPSA) is 276 Å². The fourth-order valence-corrected chi connectivity index (χ4v) is 10.6. The van der Waals surface area contributed by atoms with E-state index in [1.165, 1.54) is 48.2 Å². The number of aryl methyl sites for hydroxylation is 1. The molecule has 8 N–H and O–H groups in total. The van der Waals surface area contributed by atoms with Crippen LogP contribution >= 0.6 is 34.7 Å². The van der Waals surface area contributed by atoms with Crippen molar-refractivity contribution in [3.8, 4) is 11.5 Å². The summed E-state index contributed by atoms with van der Waals surface area (Å²) in [7, 11) is 0. The zero-order chi connectivity index (χ0) is 43.6. The number of carboxylic acid groups (broad SMARTS) is 2. The molecule has 2 aromatic heterocycles. The van der Waals surface area contributed by atoms with Crippen LogP contribution in [0, 0.1) is 5.41 Å². The molecular formula is C38H44ClN8O11S2+. The molecule has 5 aliphatic heterocycles. The summed E-state index contributed by atoms with van der Waals surface area (Å²) in [5, 5.41) is 49.7. The minimum absolute atomic E-state index is 0.00211. The Balaban J connectivity index is 1.03. The second-order valence-electron chi connectivity index (χ2n) is 16.1. The number of rotatable bonds is 13. The summed E-state index contributed by atoms with van der Waals surface area (Å²) in [4.78, 5) is 89.2. The van der Waals surface area contributed by atoms with Gasteiger partial charge >= 0.3 is 11.9 Å². The molecule has 3 unspecified atom stereocenters. The number of carbonyl (C=O) groups is 5. The van der Waals surface area contributed by atoms with Gasteiger partial charge in [0.2, 0.25) is 11.0 Å². The van der Waals surface area contributed by atoms with Gasteiger partial charge in [0.25, 0.3) is 17.7 Å². The van der Waals surface area contributed by atoms with Crippen molar-refractivity contribution in [1.29, 1.82) is 0 Å². The molecule has 4 fully saturated rings. The Morgan fingerprint density at radius 3 is 2.40 bits per heavy atom. The van der Waals surface area contributed by atoms with E-state index >= 15 is 0 Å². The van der Waals surface area contributed by atoms with Crippen molar-refractivity contribution in [2.75, 3.05) is 38.5 Å². The average Bonchev–Trinajstić information content (AvgIpc) is 3.64. The SMILES string of the molecule is CCn1cc(C(=O)NCC23CC[N+](CC4=C(C(=O)O)N5C(=O)C(NC(=O)C(=NOC(C)(C)C(=O)O)c6csc(N)n6)C5SC4C)(CC2)CC3)c(=O)c2c(Cl)c(O)c(O)cc21. The highest BCUT2D eigenvalue weighted by Gasteiger charge is 2.58. The number of nitrogens with zero attached hydrogens (tertiary/aromatic N) is 5. The van der Waals surface area contributed by atoms with Gasteiger partial charge in [0.15, 0.2) is 22.3 Å². The number of thioether (sulfide) groups is 1. The number of nitrogens with one attached hydrogen (secondary N) is 2. The second-order valence-corrected chi connectivity index (χ2v) is 18.9. The number of hydrogen-bond acceptors (Lipinski definition) is 14. The van der Waals surface area contributed by atoms with Crippen molar-refractivity contribution < 1.29 is 53.7 Å². The Hall–Kier alpha value is -5.38. The maximum Gasteiger partial charge on any atom is 0.352 e. The molecule has 0 saturated carbocycles. The number of oxime groups is 1. The van der Waals surface area contributed by atoms with Gasteiger partial charge < -0.3 is 50.7 Å². The van der Waals surface area contributed by atoms with Gasteiger partial charge in [-0.3, -0.25) is 24.1 Å². The number of phenolic OH excluding ortho intramolecular Hbond substituents is 2. The molecule has 60 heavy (non-hydrogen) atoms. The summed E-state index contributed by atoms with van der Waals surface area (Å²) in [6.07, 6.45) is 3.59. The van der Waals surface area contributed by atoms with Crippen LogP contribution < -0.4 is 21.8 Å². The quantitative estimate of drug-likeness (QED) is 0.0427. The number of carboxylic acids is 2. The molecule has 3 atom stereocenters. The van der Waals surface area contributed by atoms with Crippen LogP contribution in [0.1, 0.15) is 63.0 Å². The zero-order valence-electron chi connectivity index (χ0n) is 33.0. The van der Waals surface area contributed by atoms with Crippen LogP contribution in [0.4, 0.5) is 5.13 Å². The number of quaternary nitrogens is 1. The van der Waals surface area contributed by atoms with Crippen LogP contribution in [-0.4, -0.2) is 130 Å². The number of fused-ring (bicyclic) bond motifs is 5. The van der Waals surface area contributed by atoms with Crippen LogP contribution in [-0.2, 0) is 30.6 Å². The van der Waals surface area contributed by atoms with Crippen molar-refractivity contribution in [3.05, 3.63) is 55.4 Å². The number of anilines is 1. The van der Waals surface area contributed by atoms with E-state index in [2.05, 4.69) is 20.8 Å². The summed E-state index contributed by atoms with van der Waals surface area (Å²) in [5.74, 6) is -5.84. The van der Waals surface area contributed by atoms with E-state index in [0.29, 0.717) is 49.3 Å². The first kappa shape index (κ1) is 42.7. The Labute approximate surface area is 355 Å². The second kappa shape index (κ2) is 15.6. The number of aromatic nitrogens is 2. The number of aliphatic carboxylic acids is 2. The molecule has 3 aromatic rings. The van der Waals surface area contributed by atoms with Gasteiger partial charge in [0, 0.05) is 66.2 Å². The minimum atomic E-state index is -1.80. The van der Waals surface area contributed by atoms with Crippen molar-refractivity contribution >= 4 is 86.1 Å². The first-order chi connectivity index (χ1) is 28.2. The number of pyridine rings is 1. The van der Waals surface area contributed by atoms with Gasteiger partial charge in [-0.15, -0.1) is 23.1 Å². The van der Waals surface area contributed by atoms with E-state index in [1.54, 1.807) is 11.5 Å². The summed E-state index contributed by atoms with van der Waals surface area (Å²) in [6, 6.07) is 0.106. The molecule has 7 heterocycles. The number of β-lactam (4-membered cyclic amide) rings is 1. The number of amides is 3. The highest BCUT2D eigenvalue weighted by atomic mass is 35.5. The molecule has 0 aliphatic carbocycles. The summed E-state index contributed by atoms with van der Waals surface area (Å²) in [5.41, 5.74) is 3.26. The summed E-state index contributed by atoms with van der Waals surface area (Å²) < 4.78 is 2.21. The van der Waals surface area contributed by atoms with Crippen LogP contribution in [0.3, 0.4) is 0 Å². The van der Waals surface area contributed by atoms with Gasteiger partial charge in [-0.2, -0.15) is 0 Å². The number of halogens is 1. The number of benzene rings is 1. The third kappa shape index (κ3) is 7.40. The normalized spacial score (nSPS) is 25.1. The predicted octanol–water partition coefficient (Wildman–Crippen LogP) is 2.27. The van der Waals surface area contributed by atoms with E-state index in [4.69, 9.17) is 22.2 Å². The number of thiazole rings is 1. The maximum absolute atomic E-state index is 13.7. The number of hydrogen-bond donors (Lipinski definition) is 7. The number of aromatic hydroxyl groups is 2. The molecular weight excluding hydrogens is 844 g/mol. The molecule has 19 nitrogen and oxygen atoms in total. The monoisotopic (exact) mass is 887 g/mol. The molecule has 0 radical (unpaired) electrons. The zero-order valence-corrected chi connectivity index (χ0v) is 35.4.